The summed E-state index contributed by atoms with van der Waals surface area (Å²) < 4.78 is 33.0. The highest BCUT2D eigenvalue weighted by molar-refractivity contribution is 7.89. The summed E-state index contributed by atoms with van der Waals surface area (Å²) in [6.45, 7) is 0.239. The number of carbonyl (C=O) groups excluding carboxylic acids is 1. The number of sulfonamides is 1. The Bertz CT molecular complexity index is 685. The second-order valence-electron chi connectivity index (χ2n) is 6.09. The summed E-state index contributed by atoms with van der Waals surface area (Å²) in [6, 6.07) is 3.74. The standard InChI is InChI=1S/C16H25N3O4S/c1-23-15-8-7-12(9-13(15)16(18)20)24(21,22)19-14(10-17)11-5-3-2-4-6-11/h7-9,11,14,19H,2-6,10,17H2,1H3,(H2,18,20). The molecular weight excluding hydrogens is 330 g/mol. The van der Waals surface area contributed by atoms with Crippen LogP contribution in [0.5, 0.6) is 5.75 Å². The Morgan fingerprint density at radius 3 is 2.54 bits per heavy atom. The molecule has 1 atom stereocenters. The van der Waals surface area contributed by atoms with Crippen molar-refractivity contribution in [1.29, 1.82) is 0 Å². The van der Waals surface area contributed by atoms with Gasteiger partial charge in [0.05, 0.1) is 17.6 Å². The van der Waals surface area contributed by atoms with Gasteiger partial charge in [-0.1, -0.05) is 19.3 Å². The molecule has 1 amide bonds. The number of rotatable bonds is 7. The van der Waals surface area contributed by atoms with E-state index in [1.165, 1.54) is 31.7 Å². The largest absolute Gasteiger partial charge is 0.496 e. The molecule has 134 valence electrons. The number of primary amides is 1. The van der Waals surface area contributed by atoms with Gasteiger partial charge in [0, 0.05) is 12.6 Å². The van der Waals surface area contributed by atoms with E-state index in [0.29, 0.717) is 0 Å². The maximum Gasteiger partial charge on any atom is 0.252 e. The van der Waals surface area contributed by atoms with Crippen LogP contribution < -0.4 is 20.9 Å². The highest BCUT2D eigenvalue weighted by Crippen LogP contribution is 2.28. The van der Waals surface area contributed by atoms with Crippen LogP contribution in [0, 0.1) is 5.92 Å². The number of ether oxygens (including phenoxy) is 1. The summed E-state index contributed by atoms with van der Waals surface area (Å²) in [6.07, 6.45) is 5.31. The Labute approximate surface area is 142 Å². The van der Waals surface area contributed by atoms with Gasteiger partial charge in [-0.05, 0) is 37.0 Å². The van der Waals surface area contributed by atoms with Crippen molar-refractivity contribution < 1.29 is 17.9 Å². The van der Waals surface area contributed by atoms with E-state index >= 15 is 0 Å². The van der Waals surface area contributed by atoms with Crippen molar-refractivity contribution in [3.63, 3.8) is 0 Å². The second-order valence-corrected chi connectivity index (χ2v) is 7.80. The van der Waals surface area contributed by atoms with Crippen molar-refractivity contribution in [3.8, 4) is 5.75 Å². The summed E-state index contributed by atoms with van der Waals surface area (Å²) >= 11 is 0. The Morgan fingerprint density at radius 1 is 1.33 bits per heavy atom. The van der Waals surface area contributed by atoms with Gasteiger partial charge in [0.25, 0.3) is 5.91 Å². The molecule has 1 aliphatic rings. The molecule has 1 aliphatic carbocycles. The summed E-state index contributed by atoms with van der Waals surface area (Å²) in [5, 5.41) is 0. The van der Waals surface area contributed by atoms with E-state index in [-0.39, 0.29) is 34.7 Å². The first-order valence-corrected chi connectivity index (χ1v) is 9.57. The lowest BCUT2D eigenvalue weighted by Crippen LogP contribution is -2.45. The lowest BCUT2D eigenvalue weighted by atomic mass is 9.84. The third kappa shape index (κ3) is 4.25. The second kappa shape index (κ2) is 7.96. The molecule has 7 nitrogen and oxygen atoms in total. The van der Waals surface area contributed by atoms with E-state index in [4.69, 9.17) is 16.2 Å². The average Bonchev–Trinajstić information content (AvgIpc) is 2.59. The van der Waals surface area contributed by atoms with E-state index in [9.17, 15) is 13.2 Å². The molecule has 0 aliphatic heterocycles. The maximum absolute atomic E-state index is 12.7. The van der Waals surface area contributed by atoms with E-state index in [0.717, 1.165) is 25.7 Å². The molecule has 0 aromatic heterocycles. The molecule has 8 heteroatoms. The normalized spacial score (nSPS) is 17.4. The third-order valence-electron chi connectivity index (χ3n) is 4.53. The van der Waals surface area contributed by atoms with Gasteiger partial charge in [-0.15, -0.1) is 0 Å². The number of amides is 1. The first-order chi connectivity index (χ1) is 11.4. The molecule has 0 bridgehead atoms. The summed E-state index contributed by atoms with van der Waals surface area (Å²) in [5.74, 6) is -0.261. The predicted molar refractivity (Wildman–Crippen MR) is 91.3 cm³/mol. The number of methoxy groups -OCH3 is 1. The summed E-state index contributed by atoms with van der Waals surface area (Å²) in [5.41, 5.74) is 11.1. The van der Waals surface area contributed by atoms with Gasteiger partial charge in [0.1, 0.15) is 5.75 Å². The molecule has 0 heterocycles. The molecule has 0 radical (unpaired) electrons. The first-order valence-electron chi connectivity index (χ1n) is 8.09. The van der Waals surface area contributed by atoms with E-state index in [1.54, 1.807) is 0 Å². The van der Waals surface area contributed by atoms with Crippen LogP contribution in [0.15, 0.2) is 23.1 Å². The number of benzene rings is 1. The number of hydrogen-bond acceptors (Lipinski definition) is 5. The monoisotopic (exact) mass is 355 g/mol. The minimum atomic E-state index is -3.80. The van der Waals surface area contributed by atoms with Crippen molar-refractivity contribution in [1.82, 2.24) is 4.72 Å². The SMILES string of the molecule is COc1ccc(S(=O)(=O)NC(CN)C2CCCCC2)cc1C(N)=O. The molecule has 1 aromatic rings. The molecule has 0 saturated heterocycles. The Kier molecular flexibility index (Phi) is 6.20. The Hall–Kier alpha value is -1.64. The van der Waals surface area contributed by atoms with E-state index in [2.05, 4.69) is 4.72 Å². The first kappa shape index (κ1) is 18.7. The van der Waals surface area contributed by atoms with Crippen LogP contribution >= 0.6 is 0 Å². The molecule has 1 saturated carbocycles. The summed E-state index contributed by atoms with van der Waals surface area (Å²) in [7, 11) is -2.40. The van der Waals surface area contributed by atoms with Crippen molar-refractivity contribution in [2.24, 2.45) is 17.4 Å². The molecule has 1 fully saturated rings. The van der Waals surface area contributed by atoms with E-state index < -0.39 is 15.9 Å². The molecular formula is C16H25N3O4S. The van der Waals surface area contributed by atoms with Gasteiger partial charge in [-0.3, -0.25) is 4.79 Å². The Balaban J connectivity index is 2.25. The minimum absolute atomic E-state index is 0.0219. The third-order valence-corrected chi connectivity index (χ3v) is 6.01. The lowest BCUT2D eigenvalue weighted by molar-refractivity contribution is 0.0997. The topological polar surface area (TPSA) is 125 Å². The van der Waals surface area contributed by atoms with Crippen LogP contribution in [0.1, 0.15) is 42.5 Å². The fraction of sp³-hybridized carbons (Fsp3) is 0.562. The number of hydrogen-bond donors (Lipinski definition) is 3. The van der Waals surface area contributed by atoms with Crippen LogP contribution in [-0.4, -0.2) is 34.0 Å². The van der Waals surface area contributed by atoms with Gasteiger partial charge in [-0.2, -0.15) is 0 Å². The smallest absolute Gasteiger partial charge is 0.252 e. The summed E-state index contributed by atoms with van der Waals surface area (Å²) in [4.78, 5) is 11.5. The Morgan fingerprint density at radius 2 is 2.00 bits per heavy atom. The molecule has 2 rings (SSSR count). The van der Waals surface area contributed by atoms with E-state index in [1.807, 2.05) is 0 Å². The van der Waals surface area contributed by atoms with Crippen LogP contribution in [0.3, 0.4) is 0 Å². The zero-order valence-electron chi connectivity index (χ0n) is 13.8. The van der Waals surface area contributed by atoms with Gasteiger partial charge < -0.3 is 16.2 Å². The molecule has 5 N–H and O–H groups in total. The van der Waals surface area contributed by atoms with Gasteiger partial charge in [-0.25, -0.2) is 13.1 Å². The maximum atomic E-state index is 12.7. The zero-order chi connectivity index (χ0) is 17.7. The fourth-order valence-corrected chi connectivity index (χ4v) is 4.53. The molecule has 0 spiro atoms. The molecule has 1 unspecified atom stereocenters. The van der Waals surface area contributed by atoms with Crippen molar-refractivity contribution >= 4 is 15.9 Å². The van der Waals surface area contributed by atoms with Crippen molar-refractivity contribution in [3.05, 3.63) is 23.8 Å². The molecule has 1 aromatic carbocycles. The van der Waals surface area contributed by atoms with Crippen LogP contribution in [0.4, 0.5) is 0 Å². The van der Waals surface area contributed by atoms with Crippen LogP contribution in [-0.2, 0) is 10.0 Å². The van der Waals surface area contributed by atoms with Crippen molar-refractivity contribution in [2.75, 3.05) is 13.7 Å². The van der Waals surface area contributed by atoms with Gasteiger partial charge in [0.15, 0.2) is 0 Å². The fourth-order valence-electron chi connectivity index (χ4n) is 3.19. The highest BCUT2D eigenvalue weighted by atomic mass is 32.2. The highest BCUT2D eigenvalue weighted by Gasteiger charge is 2.28. The number of carbonyl (C=O) groups is 1. The minimum Gasteiger partial charge on any atom is -0.496 e. The van der Waals surface area contributed by atoms with Crippen LogP contribution in [0.2, 0.25) is 0 Å². The van der Waals surface area contributed by atoms with Gasteiger partial charge in [0.2, 0.25) is 10.0 Å². The molecule has 24 heavy (non-hydrogen) atoms. The average molecular weight is 355 g/mol. The van der Waals surface area contributed by atoms with Crippen molar-refractivity contribution in [2.45, 2.75) is 43.0 Å². The predicted octanol–water partition coefficient (Wildman–Crippen LogP) is 0.980. The lowest BCUT2D eigenvalue weighted by Gasteiger charge is -2.29. The quantitative estimate of drug-likeness (QED) is 0.672. The number of nitrogens with two attached hydrogens (primary N) is 2. The van der Waals surface area contributed by atoms with Gasteiger partial charge >= 0.3 is 0 Å². The zero-order valence-corrected chi connectivity index (χ0v) is 14.6. The number of nitrogens with one attached hydrogen (secondary N) is 1. The van der Waals surface area contributed by atoms with Crippen LogP contribution in [0.25, 0.3) is 0 Å².